The number of hydrogen-bond donors (Lipinski definition) is 1. The fourth-order valence-electron chi connectivity index (χ4n) is 1.77. The van der Waals surface area contributed by atoms with Crippen molar-refractivity contribution in [2.45, 2.75) is 13.5 Å². The van der Waals surface area contributed by atoms with Crippen molar-refractivity contribution in [3.8, 4) is 0 Å². The van der Waals surface area contributed by atoms with Gasteiger partial charge in [-0.3, -0.25) is 0 Å². The molecule has 94 valence electrons. The monoisotopic (exact) mass is 242 g/mol. The number of aryl methyl sites for hydroxylation is 1. The first-order valence-corrected chi connectivity index (χ1v) is 5.96. The number of hydrogen-bond acceptors (Lipinski definition) is 4. The first kappa shape index (κ1) is 12.5. The van der Waals surface area contributed by atoms with Crippen molar-refractivity contribution in [3.63, 3.8) is 0 Å². The van der Waals surface area contributed by atoms with E-state index in [4.69, 9.17) is 0 Å². The van der Waals surface area contributed by atoms with Crippen LogP contribution in [0.25, 0.3) is 0 Å². The van der Waals surface area contributed by atoms with E-state index in [1.54, 1.807) is 0 Å². The van der Waals surface area contributed by atoms with Crippen LogP contribution in [0.4, 0.5) is 11.6 Å². The van der Waals surface area contributed by atoms with Crippen molar-refractivity contribution in [2.75, 3.05) is 19.0 Å². The van der Waals surface area contributed by atoms with E-state index in [-0.39, 0.29) is 0 Å². The minimum Gasteiger partial charge on any atom is -0.316 e. The van der Waals surface area contributed by atoms with Gasteiger partial charge in [-0.1, -0.05) is 12.1 Å². The molecular formula is C14H18N4. The lowest BCUT2D eigenvalue weighted by Gasteiger charge is -2.17. The molecule has 0 saturated carbocycles. The Bertz CT molecular complexity index is 507. The number of rotatable bonds is 4. The number of anilines is 2. The second kappa shape index (κ2) is 5.60. The SMILES string of the molecule is CNCc1cnc(N(C)c2cccc(C)c2)nc1. The van der Waals surface area contributed by atoms with E-state index < -0.39 is 0 Å². The Balaban J connectivity index is 2.20. The number of nitrogens with zero attached hydrogens (tertiary/aromatic N) is 3. The summed E-state index contributed by atoms with van der Waals surface area (Å²) in [5.41, 5.74) is 3.40. The second-order valence-corrected chi connectivity index (χ2v) is 4.32. The average Bonchev–Trinajstić information content (AvgIpc) is 2.39. The molecule has 1 aromatic carbocycles. The molecular weight excluding hydrogens is 224 g/mol. The lowest BCUT2D eigenvalue weighted by atomic mass is 10.2. The molecule has 0 saturated heterocycles. The fourth-order valence-corrected chi connectivity index (χ4v) is 1.77. The van der Waals surface area contributed by atoms with Gasteiger partial charge < -0.3 is 10.2 Å². The topological polar surface area (TPSA) is 41.1 Å². The van der Waals surface area contributed by atoms with E-state index in [9.17, 15) is 0 Å². The minimum atomic E-state index is 0.709. The lowest BCUT2D eigenvalue weighted by molar-refractivity contribution is 0.805. The van der Waals surface area contributed by atoms with Crippen LogP contribution in [0.3, 0.4) is 0 Å². The third-order valence-electron chi connectivity index (χ3n) is 2.76. The highest BCUT2D eigenvalue weighted by molar-refractivity contribution is 5.56. The summed E-state index contributed by atoms with van der Waals surface area (Å²) in [5.74, 6) is 0.709. The molecule has 0 amide bonds. The van der Waals surface area contributed by atoms with Gasteiger partial charge in [0.15, 0.2) is 0 Å². The van der Waals surface area contributed by atoms with Gasteiger partial charge in [0.1, 0.15) is 0 Å². The molecule has 0 aliphatic carbocycles. The molecule has 1 N–H and O–H groups in total. The summed E-state index contributed by atoms with van der Waals surface area (Å²) in [5, 5.41) is 3.08. The van der Waals surface area contributed by atoms with Crippen LogP contribution in [0, 0.1) is 6.92 Å². The van der Waals surface area contributed by atoms with Crippen LogP contribution in [-0.2, 0) is 6.54 Å². The Morgan fingerprint density at radius 3 is 2.56 bits per heavy atom. The molecule has 4 heteroatoms. The quantitative estimate of drug-likeness (QED) is 0.893. The summed E-state index contributed by atoms with van der Waals surface area (Å²) in [7, 11) is 3.88. The third-order valence-corrected chi connectivity index (χ3v) is 2.76. The molecule has 0 spiro atoms. The normalized spacial score (nSPS) is 10.4. The van der Waals surface area contributed by atoms with E-state index >= 15 is 0 Å². The zero-order valence-electron chi connectivity index (χ0n) is 11.0. The van der Waals surface area contributed by atoms with E-state index in [1.807, 2.05) is 37.5 Å². The molecule has 0 atom stereocenters. The summed E-state index contributed by atoms with van der Waals surface area (Å²) in [6.07, 6.45) is 3.70. The highest BCUT2D eigenvalue weighted by Gasteiger charge is 2.06. The van der Waals surface area contributed by atoms with Crippen LogP contribution in [0.15, 0.2) is 36.7 Å². The van der Waals surface area contributed by atoms with Gasteiger partial charge in [0, 0.05) is 37.2 Å². The van der Waals surface area contributed by atoms with Gasteiger partial charge in [0.05, 0.1) is 0 Å². The lowest BCUT2D eigenvalue weighted by Crippen LogP contribution is -2.14. The smallest absolute Gasteiger partial charge is 0.229 e. The molecule has 0 aliphatic rings. The minimum absolute atomic E-state index is 0.709. The molecule has 0 unspecified atom stereocenters. The Morgan fingerprint density at radius 1 is 1.22 bits per heavy atom. The molecule has 0 aliphatic heterocycles. The van der Waals surface area contributed by atoms with Crippen LogP contribution < -0.4 is 10.2 Å². The van der Waals surface area contributed by atoms with Gasteiger partial charge >= 0.3 is 0 Å². The molecule has 0 fully saturated rings. The van der Waals surface area contributed by atoms with Crippen molar-refractivity contribution in [2.24, 2.45) is 0 Å². The van der Waals surface area contributed by atoms with Gasteiger partial charge in [-0.05, 0) is 31.7 Å². The van der Waals surface area contributed by atoms with Crippen molar-refractivity contribution in [1.82, 2.24) is 15.3 Å². The third kappa shape index (κ3) is 2.84. The van der Waals surface area contributed by atoms with Crippen LogP contribution in [0.2, 0.25) is 0 Å². The maximum atomic E-state index is 4.38. The maximum absolute atomic E-state index is 4.38. The van der Waals surface area contributed by atoms with E-state index in [0.717, 1.165) is 17.8 Å². The van der Waals surface area contributed by atoms with Crippen molar-refractivity contribution in [1.29, 1.82) is 0 Å². The van der Waals surface area contributed by atoms with E-state index in [2.05, 4.69) is 40.4 Å². The average molecular weight is 242 g/mol. The molecule has 2 aromatic rings. The highest BCUT2D eigenvalue weighted by Crippen LogP contribution is 2.20. The van der Waals surface area contributed by atoms with E-state index in [0.29, 0.717) is 5.95 Å². The molecule has 0 radical (unpaired) electrons. The molecule has 2 rings (SSSR count). The summed E-state index contributed by atoms with van der Waals surface area (Å²) in [4.78, 5) is 10.7. The predicted molar refractivity (Wildman–Crippen MR) is 74.0 cm³/mol. The van der Waals surface area contributed by atoms with Crippen LogP contribution in [0.5, 0.6) is 0 Å². The molecule has 4 nitrogen and oxygen atoms in total. The molecule has 18 heavy (non-hydrogen) atoms. The Morgan fingerprint density at radius 2 is 1.94 bits per heavy atom. The highest BCUT2D eigenvalue weighted by atomic mass is 15.2. The van der Waals surface area contributed by atoms with Crippen LogP contribution >= 0.6 is 0 Å². The largest absolute Gasteiger partial charge is 0.316 e. The van der Waals surface area contributed by atoms with Crippen molar-refractivity contribution >= 4 is 11.6 Å². The molecule has 0 bridgehead atoms. The summed E-state index contributed by atoms with van der Waals surface area (Å²) >= 11 is 0. The van der Waals surface area contributed by atoms with Crippen molar-refractivity contribution < 1.29 is 0 Å². The Hall–Kier alpha value is -1.94. The summed E-state index contributed by atoms with van der Waals surface area (Å²) in [6.45, 7) is 2.86. The molecule has 1 aromatic heterocycles. The number of aromatic nitrogens is 2. The van der Waals surface area contributed by atoms with Gasteiger partial charge in [0.2, 0.25) is 5.95 Å². The Kier molecular flexibility index (Phi) is 3.89. The van der Waals surface area contributed by atoms with Gasteiger partial charge in [-0.25, -0.2) is 9.97 Å². The molecule has 1 heterocycles. The first-order valence-electron chi connectivity index (χ1n) is 5.96. The van der Waals surface area contributed by atoms with E-state index in [1.165, 1.54) is 5.56 Å². The zero-order chi connectivity index (χ0) is 13.0. The second-order valence-electron chi connectivity index (χ2n) is 4.32. The Labute approximate surface area is 108 Å². The number of nitrogens with one attached hydrogen (secondary N) is 1. The van der Waals surface area contributed by atoms with Gasteiger partial charge in [-0.2, -0.15) is 0 Å². The zero-order valence-corrected chi connectivity index (χ0v) is 11.0. The first-order chi connectivity index (χ1) is 8.70. The predicted octanol–water partition coefficient (Wildman–Crippen LogP) is 2.27. The fraction of sp³-hybridized carbons (Fsp3) is 0.286. The maximum Gasteiger partial charge on any atom is 0.229 e. The standard InChI is InChI=1S/C14H18N4/c1-11-5-4-6-13(7-11)18(3)14-16-9-12(8-15-2)10-17-14/h4-7,9-10,15H,8H2,1-3H3. The summed E-state index contributed by atoms with van der Waals surface area (Å²) in [6, 6.07) is 8.29. The van der Waals surface area contributed by atoms with Crippen LogP contribution in [-0.4, -0.2) is 24.1 Å². The number of benzene rings is 1. The van der Waals surface area contributed by atoms with Gasteiger partial charge in [0.25, 0.3) is 0 Å². The summed E-state index contributed by atoms with van der Waals surface area (Å²) < 4.78 is 0. The van der Waals surface area contributed by atoms with Gasteiger partial charge in [-0.15, -0.1) is 0 Å². The van der Waals surface area contributed by atoms with Crippen LogP contribution in [0.1, 0.15) is 11.1 Å². The van der Waals surface area contributed by atoms with Crippen molar-refractivity contribution in [3.05, 3.63) is 47.8 Å².